The monoisotopic (exact) mass is 586 g/mol. The van der Waals surface area contributed by atoms with Gasteiger partial charge in [-0.2, -0.15) is 52.7 Å². The van der Waals surface area contributed by atoms with Crippen LogP contribution < -0.4 is 9.80 Å². The average Bonchev–Trinajstić information content (AvgIpc) is 2.81. The number of halogens is 12. The summed E-state index contributed by atoms with van der Waals surface area (Å²) in [7, 11) is 2.36. The largest absolute Gasteiger partial charge is 0.433 e. The summed E-state index contributed by atoms with van der Waals surface area (Å²) in [6, 6.07) is 1.23. The smallest absolute Gasteiger partial charge is 0.325 e. The van der Waals surface area contributed by atoms with Crippen LogP contribution in [0.5, 0.6) is 0 Å². The number of hydrogen-bond donors (Lipinski definition) is 0. The molecule has 0 bridgehead atoms. The minimum Gasteiger partial charge on any atom is -0.325 e. The highest BCUT2D eigenvalue weighted by molar-refractivity contribution is 5.98. The van der Waals surface area contributed by atoms with E-state index in [2.05, 4.69) is 19.9 Å². The van der Waals surface area contributed by atoms with Crippen molar-refractivity contribution < 1.29 is 52.7 Å². The van der Waals surface area contributed by atoms with Gasteiger partial charge in [0.25, 0.3) is 0 Å². The van der Waals surface area contributed by atoms with E-state index in [4.69, 9.17) is 0 Å². The summed E-state index contributed by atoms with van der Waals surface area (Å²) in [5.74, 6) is -0.641. The summed E-state index contributed by atoms with van der Waals surface area (Å²) in [6.45, 7) is 0. The predicted octanol–water partition coefficient (Wildman–Crippen LogP) is 7.50. The molecule has 1 aliphatic heterocycles. The fraction of sp³-hybridized carbons (Fsp3) is 0.273. The Morgan fingerprint density at radius 3 is 1.07 bits per heavy atom. The van der Waals surface area contributed by atoms with Gasteiger partial charge in [-0.15, -0.1) is 0 Å². The normalized spacial score (nSPS) is 14.7. The van der Waals surface area contributed by atoms with Crippen LogP contribution in [0.15, 0.2) is 24.3 Å². The zero-order valence-electron chi connectivity index (χ0n) is 19.5. The Morgan fingerprint density at radius 1 is 0.475 bits per heavy atom. The lowest BCUT2D eigenvalue weighted by atomic mass is 10.1. The Hall–Kier alpha value is -4.12. The van der Waals surface area contributed by atoms with Gasteiger partial charge >= 0.3 is 24.7 Å². The van der Waals surface area contributed by atoms with Gasteiger partial charge in [-0.1, -0.05) is 0 Å². The molecule has 4 aromatic rings. The van der Waals surface area contributed by atoms with E-state index >= 15 is 0 Å². The molecule has 0 unspecified atom stereocenters. The van der Waals surface area contributed by atoms with Gasteiger partial charge in [0.2, 0.25) is 0 Å². The highest BCUT2D eigenvalue weighted by Gasteiger charge is 2.42. The maximum Gasteiger partial charge on any atom is 0.433 e. The maximum atomic E-state index is 13.7. The molecule has 212 valence electrons. The highest BCUT2D eigenvalue weighted by atomic mass is 19.4. The van der Waals surface area contributed by atoms with Crippen molar-refractivity contribution in [2.24, 2.45) is 0 Å². The van der Waals surface area contributed by atoms with Crippen LogP contribution in [-0.4, -0.2) is 34.0 Å². The lowest BCUT2D eigenvalue weighted by Gasteiger charge is -2.35. The summed E-state index contributed by atoms with van der Waals surface area (Å²) in [4.78, 5) is 16.3. The van der Waals surface area contributed by atoms with Crippen LogP contribution in [0.3, 0.4) is 0 Å². The zero-order chi connectivity index (χ0) is 29.7. The van der Waals surface area contributed by atoms with Crippen molar-refractivity contribution in [1.82, 2.24) is 19.9 Å². The van der Waals surface area contributed by atoms with E-state index in [9.17, 15) is 52.7 Å². The van der Waals surface area contributed by atoms with Crippen molar-refractivity contribution >= 4 is 45.1 Å². The summed E-state index contributed by atoms with van der Waals surface area (Å²) >= 11 is 0. The second kappa shape index (κ2) is 8.20. The molecule has 5 rings (SSSR count). The third-order valence-electron chi connectivity index (χ3n) is 6.03. The number of aromatic nitrogens is 4. The van der Waals surface area contributed by atoms with Gasteiger partial charge in [0.1, 0.15) is 22.4 Å². The molecule has 0 aromatic carbocycles. The minimum atomic E-state index is -5.29. The molecule has 5 heterocycles. The van der Waals surface area contributed by atoms with Crippen LogP contribution in [0.1, 0.15) is 22.5 Å². The molecule has 0 saturated heterocycles. The van der Waals surface area contributed by atoms with Gasteiger partial charge in [0.05, 0.1) is 33.5 Å². The van der Waals surface area contributed by atoms with Crippen molar-refractivity contribution in [2.45, 2.75) is 24.7 Å². The quantitative estimate of drug-likeness (QED) is 0.199. The number of hydrogen-bond acceptors (Lipinski definition) is 6. The number of pyridine rings is 4. The van der Waals surface area contributed by atoms with Crippen molar-refractivity contribution in [3.63, 3.8) is 0 Å². The molecule has 0 amide bonds. The maximum absolute atomic E-state index is 13.7. The number of alkyl halides is 12. The molecular formula is C22H10F12N6. The Labute approximate surface area is 213 Å². The molecule has 0 N–H and O–H groups in total. The first-order chi connectivity index (χ1) is 18.2. The molecule has 0 saturated carbocycles. The first-order valence-corrected chi connectivity index (χ1v) is 10.7. The first-order valence-electron chi connectivity index (χ1n) is 10.7. The van der Waals surface area contributed by atoms with E-state index in [1.807, 2.05) is 0 Å². The third-order valence-corrected chi connectivity index (χ3v) is 6.03. The fourth-order valence-corrected chi connectivity index (χ4v) is 4.20. The molecule has 0 spiro atoms. The van der Waals surface area contributed by atoms with Crippen molar-refractivity contribution in [3.05, 3.63) is 46.8 Å². The van der Waals surface area contributed by atoms with E-state index in [0.29, 0.717) is 0 Å². The summed E-state index contributed by atoms with van der Waals surface area (Å²) in [5.41, 5.74) is -11.2. The number of rotatable bonds is 0. The third kappa shape index (κ3) is 4.34. The van der Waals surface area contributed by atoms with E-state index in [1.165, 1.54) is 14.1 Å². The Balaban J connectivity index is 1.80. The average molecular weight is 586 g/mol. The van der Waals surface area contributed by atoms with E-state index in [0.717, 1.165) is 21.9 Å². The Bertz CT molecular complexity index is 1560. The molecule has 0 fully saturated rings. The molecule has 4 aromatic heterocycles. The highest BCUT2D eigenvalue weighted by Crippen LogP contribution is 2.49. The summed E-state index contributed by atoms with van der Waals surface area (Å²) < 4.78 is 162. The van der Waals surface area contributed by atoms with Gasteiger partial charge < -0.3 is 9.80 Å². The molecule has 0 radical (unpaired) electrons. The van der Waals surface area contributed by atoms with Gasteiger partial charge in [0.15, 0.2) is 11.6 Å². The SMILES string of the molecule is CN1c2cc3nc(C(F)(F)F)cc(C(F)(F)F)c3nc2N(C)c2cc3nc(C(F)(F)F)cc(C(F)(F)F)c3nc21. The van der Waals surface area contributed by atoms with Crippen LogP contribution in [0, 0.1) is 0 Å². The lowest BCUT2D eigenvalue weighted by molar-refractivity contribution is -0.146. The molecule has 1 aliphatic rings. The van der Waals surface area contributed by atoms with E-state index < -0.39 is 69.3 Å². The van der Waals surface area contributed by atoms with Gasteiger partial charge in [-0.05, 0) is 24.3 Å². The van der Waals surface area contributed by atoms with Crippen LogP contribution in [0.4, 0.5) is 75.7 Å². The molecule has 0 aliphatic carbocycles. The van der Waals surface area contributed by atoms with Crippen molar-refractivity contribution in [2.75, 3.05) is 23.9 Å². The Morgan fingerprint density at radius 2 is 0.800 bits per heavy atom. The van der Waals surface area contributed by atoms with Crippen LogP contribution in [-0.2, 0) is 24.7 Å². The van der Waals surface area contributed by atoms with Gasteiger partial charge in [-0.25, -0.2) is 19.9 Å². The fourth-order valence-electron chi connectivity index (χ4n) is 4.20. The van der Waals surface area contributed by atoms with Gasteiger partial charge in [-0.3, -0.25) is 0 Å². The second-order valence-corrected chi connectivity index (χ2v) is 8.62. The summed E-state index contributed by atoms with van der Waals surface area (Å²) in [5, 5.41) is 0. The second-order valence-electron chi connectivity index (χ2n) is 8.62. The molecule has 6 nitrogen and oxygen atoms in total. The van der Waals surface area contributed by atoms with E-state index in [-0.39, 0.29) is 35.1 Å². The van der Waals surface area contributed by atoms with Crippen molar-refractivity contribution in [3.8, 4) is 0 Å². The zero-order valence-corrected chi connectivity index (χ0v) is 19.5. The van der Waals surface area contributed by atoms with E-state index in [1.54, 1.807) is 0 Å². The number of fused-ring (bicyclic) bond motifs is 4. The topological polar surface area (TPSA) is 58.0 Å². The first kappa shape index (κ1) is 27.4. The minimum absolute atomic E-state index is 0.192. The summed E-state index contributed by atoms with van der Waals surface area (Å²) in [6.07, 6.45) is -21.1. The standard InChI is InChI=1S/C22H10F12N6/c1-39-11-5-9-16(8(20(26,27)28)4-13(35-9)21(29,30)31)38-18(11)40(2)12-6-10-15(37-17(12)39)7(19(23,24)25)3-14(36-10)22(32,33)34/h3-6H,1-2H3. The molecule has 18 heteroatoms. The van der Waals surface area contributed by atoms with Crippen LogP contribution >= 0.6 is 0 Å². The predicted molar refractivity (Wildman–Crippen MR) is 115 cm³/mol. The number of nitrogens with zero attached hydrogens (tertiary/aromatic N) is 6. The lowest BCUT2D eigenvalue weighted by Crippen LogP contribution is -2.27. The molecule has 0 atom stereocenters. The molecule has 40 heavy (non-hydrogen) atoms. The molecular weight excluding hydrogens is 576 g/mol. The van der Waals surface area contributed by atoms with Crippen LogP contribution in [0.25, 0.3) is 22.1 Å². The van der Waals surface area contributed by atoms with Crippen molar-refractivity contribution in [1.29, 1.82) is 0 Å². The Kier molecular flexibility index (Phi) is 5.63. The number of anilines is 4. The van der Waals surface area contributed by atoms with Gasteiger partial charge in [0, 0.05) is 14.1 Å². The van der Waals surface area contributed by atoms with Crippen LogP contribution in [0.2, 0.25) is 0 Å².